The number of hydrogen-bond acceptors (Lipinski definition) is 15. The molecule has 6 atom stereocenters. The van der Waals surface area contributed by atoms with Gasteiger partial charge in [-0.3, -0.25) is 37.3 Å². The van der Waals surface area contributed by atoms with Crippen molar-refractivity contribution in [2.45, 2.75) is 471 Å². The van der Waals surface area contributed by atoms with E-state index in [1.165, 1.54) is 250 Å². The molecule has 0 amide bonds. The molecule has 3 N–H and O–H groups in total. The molecule has 0 aliphatic heterocycles. The summed E-state index contributed by atoms with van der Waals surface area (Å²) in [6.07, 6.45) is 66.8. The van der Waals surface area contributed by atoms with Crippen molar-refractivity contribution in [1.82, 2.24) is 0 Å². The molecule has 19 heteroatoms. The molecule has 0 saturated carbocycles. The molecule has 0 aromatic heterocycles. The Kier molecular flexibility index (Phi) is 74.7. The van der Waals surface area contributed by atoms with E-state index in [0.717, 1.165) is 120 Å². The van der Waals surface area contributed by atoms with Crippen molar-refractivity contribution in [3.8, 4) is 0 Å². The number of esters is 4. The van der Waals surface area contributed by atoms with Crippen LogP contribution in [0.3, 0.4) is 0 Å². The zero-order valence-electron chi connectivity index (χ0n) is 69.2. The predicted octanol–water partition coefficient (Wildman–Crippen LogP) is 26.1. The van der Waals surface area contributed by atoms with Crippen LogP contribution in [0.15, 0.2) is 0 Å². The second-order valence-electron chi connectivity index (χ2n) is 32.1. The van der Waals surface area contributed by atoms with Crippen LogP contribution in [0, 0.1) is 17.8 Å². The molecule has 624 valence electrons. The highest BCUT2D eigenvalue weighted by molar-refractivity contribution is 7.47. The molecule has 0 fully saturated rings. The van der Waals surface area contributed by atoms with Crippen molar-refractivity contribution in [1.29, 1.82) is 0 Å². The summed E-state index contributed by atoms with van der Waals surface area (Å²) in [6, 6.07) is 0. The molecule has 105 heavy (non-hydrogen) atoms. The van der Waals surface area contributed by atoms with E-state index in [9.17, 15) is 43.2 Å². The Balaban J connectivity index is 5.16. The van der Waals surface area contributed by atoms with E-state index in [0.29, 0.717) is 25.7 Å². The minimum absolute atomic E-state index is 0.107. The first kappa shape index (κ1) is 103. The summed E-state index contributed by atoms with van der Waals surface area (Å²) in [4.78, 5) is 73.1. The maximum atomic E-state index is 13.1. The molecule has 0 aromatic carbocycles. The van der Waals surface area contributed by atoms with Gasteiger partial charge in [0.15, 0.2) is 12.2 Å². The van der Waals surface area contributed by atoms with Crippen LogP contribution in [0.1, 0.15) is 453 Å². The van der Waals surface area contributed by atoms with Gasteiger partial charge in [0.2, 0.25) is 0 Å². The fourth-order valence-corrected chi connectivity index (χ4v) is 14.9. The van der Waals surface area contributed by atoms with Gasteiger partial charge in [0.05, 0.1) is 26.4 Å². The van der Waals surface area contributed by atoms with E-state index in [4.69, 9.17) is 37.0 Å². The van der Waals surface area contributed by atoms with Gasteiger partial charge in [-0.2, -0.15) is 0 Å². The van der Waals surface area contributed by atoms with Crippen molar-refractivity contribution >= 4 is 39.5 Å². The van der Waals surface area contributed by atoms with Crippen molar-refractivity contribution in [3.63, 3.8) is 0 Å². The van der Waals surface area contributed by atoms with Crippen LogP contribution in [0.4, 0.5) is 0 Å². The Bertz CT molecular complexity index is 2030. The van der Waals surface area contributed by atoms with Gasteiger partial charge < -0.3 is 33.8 Å². The van der Waals surface area contributed by atoms with Crippen molar-refractivity contribution in [3.05, 3.63) is 0 Å². The van der Waals surface area contributed by atoms with Crippen LogP contribution in [0.25, 0.3) is 0 Å². The highest BCUT2D eigenvalue weighted by Crippen LogP contribution is 2.45. The summed E-state index contributed by atoms with van der Waals surface area (Å²) in [5.41, 5.74) is 0. The molecular formula is C86H168O17P2. The number of hydrogen-bond donors (Lipinski definition) is 3. The van der Waals surface area contributed by atoms with E-state index in [-0.39, 0.29) is 25.7 Å². The second kappa shape index (κ2) is 76.1. The third-order valence-corrected chi connectivity index (χ3v) is 22.4. The first-order chi connectivity index (χ1) is 50.8. The van der Waals surface area contributed by atoms with Gasteiger partial charge in [0, 0.05) is 25.7 Å². The summed E-state index contributed by atoms with van der Waals surface area (Å²) in [7, 11) is -9.92. The SMILES string of the molecule is CCCCCCCCCC(=O)OC[C@H](COP(=O)(O)OC[C@H](O)COP(=O)(O)OC[C@@H](COC(=O)CCCCCCCCCCCCCCCCCCC(C)C)OC(=O)CCCCCCCCCCCCCCCCCCCCC(C)CC)OC(=O)CCCCCCCCCCCCCCCCC(C)C. The summed E-state index contributed by atoms with van der Waals surface area (Å²) < 4.78 is 68.8. The van der Waals surface area contributed by atoms with Gasteiger partial charge in [-0.25, -0.2) is 9.13 Å². The minimum Gasteiger partial charge on any atom is -0.462 e. The average Bonchev–Trinajstić information content (AvgIpc) is 0.902. The number of carbonyl (C=O) groups excluding carboxylic acids is 4. The Morgan fingerprint density at radius 1 is 0.276 bits per heavy atom. The van der Waals surface area contributed by atoms with Gasteiger partial charge in [-0.05, 0) is 43.4 Å². The summed E-state index contributed by atoms with van der Waals surface area (Å²) in [5.74, 6) is 0.370. The first-order valence-electron chi connectivity index (χ1n) is 44.4. The molecule has 0 aromatic rings. The molecular weight excluding hydrogens is 1370 g/mol. The number of phosphoric acid groups is 2. The summed E-state index contributed by atoms with van der Waals surface area (Å²) in [6.45, 7) is 12.1. The van der Waals surface area contributed by atoms with Crippen molar-refractivity contribution < 1.29 is 80.2 Å². The molecule has 17 nitrogen and oxygen atoms in total. The number of aliphatic hydroxyl groups excluding tert-OH is 1. The quantitative estimate of drug-likeness (QED) is 0.0222. The zero-order valence-corrected chi connectivity index (χ0v) is 71.0. The monoisotopic (exact) mass is 1540 g/mol. The normalized spacial score (nSPS) is 14.1. The van der Waals surface area contributed by atoms with Crippen LogP contribution in [0.2, 0.25) is 0 Å². The first-order valence-corrected chi connectivity index (χ1v) is 47.4. The Morgan fingerprint density at radius 3 is 0.724 bits per heavy atom. The lowest BCUT2D eigenvalue weighted by atomic mass is 9.99. The third kappa shape index (κ3) is 78.5. The van der Waals surface area contributed by atoms with Crippen LogP contribution >= 0.6 is 15.6 Å². The van der Waals surface area contributed by atoms with E-state index >= 15 is 0 Å². The molecule has 0 heterocycles. The van der Waals surface area contributed by atoms with E-state index in [1.807, 2.05) is 0 Å². The highest BCUT2D eigenvalue weighted by atomic mass is 31.2. The molecule has 3 unspecified atom stereocenters. The number of carbonyl (C=O) groups is 4. The maximum absolute atomic E-state index is 13.1. The maximum Gasteiger partial charge on any atom is 0.472 e. The van der Waals surface area contributed by atoms with Crippen LogP contribution in [-0.2, 0) is 65.4 Å². The van der Waals surface area contributed by atoms with Gasteiger partial charge in [-0.1, -0.05) is 402 Å². The van der Waals surface area contributed by atoms with Gasteiger partial charge >= 0.3 is 39.5 Å². The van der Waals surface area contributed by atoms with E-state index < -0.39 is 97.5 Å². The number of aliphatic hydroxyl groups is 1. The zero-order chi connectivity index (χ0) is 77.2. The Hall–Kier alpha value is -1.94. The fourth-order valence-electron chi connectivity index (χ4n) is 13.3. The number of unbranched alkanes of at least 4 members (excludes halogenated alkanes) is 51. The molecule has 0 saturated heterocycles. The molecule has 0 radical (unpaired) electrons. The topological polar surface area (TPSA) is 237 Å². The van der Waals surface area contributed by atoms with Gasteiger partial charge in [0.1, 0.15) is 19.3 Å². The molecule has 0 aliphatic rings. The lowest BCUT2D eigenvalue weighted by Crippen LogP contribution is -2.30. The van der Waals surface area contributed by atoms with Gasteiger partial charge in [-0.15, -0.1) is 0 Å². The molecule has 0 bridgehead atoms. The van der Waals surface area contributed by atoms with Crippen LogP contribution in [0.5, 0.6) is 0 Å². The Labute approximate surface area is 645 Å². The van der Waals surface area contributed by atoms with Gasteiger partial charge in [0.25, 0.3) is 0 Å². The fraction of sp³-hybridized carbons (Fsp3) is 0.953. The second-order valence-corrected chi connectivity index (χ2v) is 35.0. The largest absolute Gasteiger partial charge is 0.472 e. The number of rotatable bonds is 84. The summed E-state index contributed by atoms with van der Waals surface area (Å²) >= 11 is 0. The van der Waals surface area contributed by atoms with E-state index in [1.54, 1.807) is 0 Å². The number of ether oxygens (including phenoxy) is 4. The Morgan fingerprint density at radius 2 is 0.486 bits per heavy atom. The predicted molar refractivity (Wildman–Crippen MR) is 432 cm³/mol. The standard InChI is InChI=1S/C86H168O17P2/c1-8-10-11-12-43-53-60-67-83(88)96-73-81(102-85(90)69-63-56-49-42-36-30-24-23-26-32-38-45-51-58-65-78(5)6)75-100-104(92,93)98-71-80(87)72-99-105(94,95)101-76-82(74-97-84(89)68-61-54-47-40-34-28-21-18-17-19-25-31-37-44-50-57-64-77(3)4)103-86(91)70-62-55-48-41-35-29-22-16-14-13-15-20-27-33-39-46-52-59-66-79(7)9-2/h77-82,87H,8-76H2,1-7H3,(H,92,93)(H,94,95)/t79?,80-,81+,82+/m0/s1. The molecule has 0 spiro atoms. The highest BCUT2D eigenvalue weighted by Gasteiger charge is 2.30. The number of phosphoric ester groups is 2. The van der Waals surface area contributed by atoms with Crippen molar-refractivity contribution in [2.75, 3.05) is 39.6 Å². The smallest absolute Gasteiger partial charge is 0.462 e. The van der Waals surface area contributed by atoms with Crippen LogP contribution in [-0.4, -0.2) is 96.7 Å². The lowest BCUT2D eigenvalue weighted by Gasteiger charge is -2.21. The minimum atomic E-state index is -4.96. The average molecular weight is 1540 g/mol. The summed E-state index contributed by atoms with van der Waals surface area (Å²) in [5, 5.41) is 10.7. The van der Waals surface area contributed by atoms with Crippen LogP contribution < -0.4 is 0 Å². The molecule has 0 rings (SSSR count). The van der Waals surface area contributed by atoms with Crippen molar-refractivity contribution in [2.24, 2.45) is 17.8 Å². The molecule has 0 aliphatic carbocycles. The lowest BCUT2D eigenvalue weighted by molar-refractivity contribution is -0.161. The third-order valence-electron chi connectivity index (χ3n) is 20.5. The van der Waals surface area contributed by atoms with E-state index in [2.05, 4.69) is 48.5 Å².